The highest BCUT2D eigenvalue weighted by Gasteiger charge is 1.98. The lowest BCUT2D eigenvalue weighted by Gasteiger charge is -1.96. The summed E-state index contributed by atoms with van der Waals surface area (Å²) in [6.07, 6.45) is 14.3. The van der Waals surface area contributed by atoms with Gasteiger partial charge in [0.2, 0.25) is 0 Å². The van der Waals surface area contributed by atoms with Crippen molar-refractivity contribution in [3.63, 3.8) is 0 Å². The first-order chi connectivity index (χ1) is 8.72. The number of allylic oxidation sites excluding steroid dienone is 2. The molecule has 0 aromatic heterocycles. The van der Waals surface area contributed by atoms with Gasteiger partial charge in [0.1, 0.15) is 5.78 Å². The van der Waals surface area contributed by atoms with Crippen molar-refractivity contribution in [3.05, 3.63) is 12.2 Å². The second kappa shape index (κ2) is 18.2. The number of unbranched alkanes of at least 4 members (excludes halogenated alkanes) is 4. The van der Waals surface area contributed by atoms with Gasteiger partial charge in [0.15, 0.2) is 0 Å². The average Bonchev–Trinajstić information content (AvgIpc) is 2.36. The van der Waals surface area contributed by atoms with Crippen LogP contribution in [0.15, 0.2) is 12.2 Å². The first-order valence-electron chi connectivity index (χ1n) is 6.88. The summed E-state index contributed by atoms with van der Waals surface area (Å²) in [5.41, 5.74) is 0. The van der Waals surface area contributed by atoms with Crippen molar-refractivity contribution in [2.75, 3.05) is 0 Å². The van der Waals surface area contributed by atoms with Gasteiger partial charge in [-0.25, -0.2) is 0 Å². The predicted octanol–water partition coefficient (Wildman–Crippen LogP) is 4.08. The highest BCUT2D eigenvalue weighted by Crippen LogP contribution is 2.04. The number of rotatable bonds is 10. The fourth-order valence-electron chi connectivity index (χ4n) is 1.49. The van der Waals surface area contributed by atoms with Crippen LogP contribution in [0.25, 0.3) is 0 Å². The number of carbonyl (C=O) groups is 1. The summed E-state index contributed by atoms with van der Waals surface area (Å²) in [7, 11) is 0. The summed E-state index contributed by atoms with van der Waals surface area (Å²) >= 11 is 0. The van der Waals surface area contributed by atoms with Gasteiger partial charge < -0.3 is 0 Å². The van der Waals surface area contributed by atoms with E-state index in [1.165, 1.54) is 25.7 Å². The molecule has 0 saturated carbocycles. The predicted molar refractivity (Wildman–Crippen MR) is 72.1 cm³/mol. The zero-order chi connectivity index (χ0) is 14.1. The maximum Gasteiger partial charge on any atom is 0.373 e. The van der Waals surface area contributed by atoms with Gasteiger partial charge >= 0.3 is 6.15 Å². The fourth-order valence-corrected chi connectivity index (χ4v) is 1.49. The standard InChI is InChI=1S/C14H26O.CO2/c1-3-5-7-8-9-10-11-13-14(15)12-6-4-2;2-1-3/h9-10H,3-8,11-13H2,1-2H3;/b10-9-;. The van der Waals surface area contributed by atoms with Crippen LogP contribution in [-0.2, 0) is 14.4 Å². The molecule has 0 amide bonds. The Labute approximate surface area is 111 Å². The van der Waals surface area contributed by atoms with Crippen molar-refractivity contribution >= 4 is 11.9 Å². The van der Waals surface area contributed by atoms with Crippen molar-refractivity contribution in [1.29, 1.82) is 0 Å². The number of carbonyl (C=O) groups excluding carboxylic acids is 3. The van der Waals surface area contributed by atoms with Gasteiger partial charge in [-0.2, -0.15) is 9.59 Å². The average molecular weight is 254 g/mol. The van der Waals surface area contributed by atoms with Crippen LogP contribution in [-0.4, -0.2) is 11.9 Å². The Morgan fingerprint density at radius 3 is 2.00 bits per heavy atom. The van der Waals surface area contributed by atoms with Gasteiger partial charge in [0.25, 0.3) is 0 Å². The third kappa shape index (κ3) is 20.2. The molecule has 3 nitrogen and oxygen atoms in total. The second-order valence-corrected chi connectivity index (χ2v) is 4.23. The molecule has 0 spiro atoms. The maximum atomic E-state index is 11.3. The van der Waals surface area contributed by atoms with Gasteiger partial charge in [-0.15, -0.1) is 0 Å². The largest absolute Gasteiger partial charge is 0.373 e. The summed E-state index contributed by atoms with van der Waals surface area (Å²) in [5.74, 6) is 0.426. The number of ketones is 1. The molecule has 18 heavy (non-hydrogen) atoms. The summed E-state index contributed by atoms with van der Waals surface area (Å²) < 4.78 is 0. The molecule has 3 heteroatoms. The lowest BCUT2D eigenvalue weighted by molar-refractivity contribution is -0.191. The molecule has 0 aliphatic carbocycles. The van der Waals surface area contributed by atoms with E-state index in [1.54, 1.807) is 0 Å². The first kappa shape index (κ1) is 19.1. The Bertz CT molecular complexity index is 238. The topological polar surface area (TPSA) is 51.2 Å². The van der Waals surface area contributed by atoms with Crippen molar-refractivity contribution in [1.82, 2.24) is 0 Å². The van der Waals surface area contributed by atoms with Gasteiger partial charge in [0.05, 0.1) is 0 Å². The van der Waals surface area contributed by atoms with E-state index in [2.05, 4.69) is 26.0 Å². The molecule has 0 heterocycles. The van der Waals surface area contributed by atoms with Gasteiger partial charge in [-0.05, 0) is 25.7 Å². The Hall–Kier alpha value is -1.21. The van der Waals surface area contributed by atoms with E-state index < -0.39 is 0 Å². The lowest BCUT2D eigenvalue weighted by atomic mass is 10.1. The van der Waals surface area contributed by atoms with Crippen molar-refractivity contribution in [2.45, 2.75) is 71.6 Å². The molecular weight excluding hydrogens is 228 g/mol. The number of hydrogen-bond donors (Lipinski definition) is 0. The van der Waals surface area contributed by atoms with Crippen molar-refractivity contribution in [3.8, 4) is 0 Å². The van der Waals surface area contributed by atoms with Crippen LogP contribution in [0.5, 0.6) is 0 Å². The summed E-state index contributed by atoms with van der Waals surface area (Å²) in [4.78, 5) is 27.6. The number of hydrogen-bond acceptors (Lipinski definition) is 3. The normalized spacial score (nSPS) is 9.67. The Morgan fingerprint density at radius 1 is 0.889 bits per heavy atom. The molecule has 0 N–H and O–H groups in total. The van der Waals surface area contributed by atoms with Gasteiger partial charge in [-0.1, -0.05) is 45.3 Å². The minimum Gasteiger partial charge on any atom is -0.300 e. The zero-order valence-corrected chi connectivity index (χ0v) is 11.7. The third-order valence-corrected chi connectivity index (χ3v) is 2.54. The quantitative estimate of drug-likeness (QED) is 0.436. The third-order valence-electron chi connectivity index (χ3n) is 2.54. The van der Waals surface area contributed by atoms with Crippen molar-refractivity contribution < 1.29 is 14.4 Å². The molecule has 0 radical (unpaired) electrons. The van der Waals surface area contributed by atoms with Crippen LogP contribution in [0.4, 0.5) is 0 Å². The molecular formula is C15H26O3. The van der Waals surface area contributed by atoms with Crippen LogP contribution in [0, 0.1) is 0 Å². The smallest absolute Gasteiger partial charge is 0.300 e. The molecule has 0 aliphatic heterocycles. The zero-order valence-electron chi connectivity index (χ0n) is 11.7. The van der Waals surface area contributed by atoms with Crippen LogP contribution in [0.3, 0.4) is 0 Å². The molecule has 0 fully saturated rings. The monoisotopic (exact) mass is 254 g/mol. The van der Waals surface area contributed by atoms with Crippen LogP contribution in [0.2, 0.25) is 0 Å². The minimum absolute atomic E-state index is 0.250. The molecule has 0 rings (SSSR count). The SMILES string of the molecule is CCCCC/C=C\CCC(=O)CCCC.O=C=O. The van der Waals surface area contributed by atoms with Gasteiger partial charge in [0, 0.05) is 12.8 Å². The molecule has 0 bridgehead atoms. The maximum absolute atomic E-state index is 11.3. The van der Waals surface area contributed by atoms with E-state index in [0.717, 1.165) is 32.1 Å². The van der Waals surface area contributed by atoms with Crippen LogP contribution >= 0.6 is 0 Å². The highest BCUT2D eigenvalue weighted by molar-refractivity contribution is 5.78. The minimum atomic E-state index is 0.250. The second-order valence-electron chi connectivity index (χ2n) is 4.23. The summed E-state index contributed by atoms with van der Waals surface area (Å²) in [6, 6.07) is 0. The Kier molecular flexibility index (Phi) is 19.3. The molecule has 0 aromatic carbocycles. The van der Waals surface area contributed by atoms with E-state index in [-0.39, 0.29) is 6.15 Å². The molecule has 0 aliphatic rings. The fraction of sp³-hybridized carbons (Fsp3) is 0.733. The van der Waals surface area contributed by atoms with E-state index in [9.17, 15) is 4.79 Å². The van der Waals surface area contributed by atoms with E-state index in [4.69, 9.17) is 9.59 Å². The van der Waals surface area contributed by atoms with E-state index >= 15 is 0 Å². The molecule has 0 atom stereocenters. The van der Waals surface area contributed by atoms with Gasteiger partial charge in [-0.3, -0.25) is 4.79 Å². The molecule has 0 unspecified atom stereocenters. The Balaban J connectivity index is 0. The molecule has 0 saturated heterocycles. The van der Waals surface area contributed by atoms with E-state index in [1.807, 2.05) is 0 Å². The van der Waals surface area contributed by atoms with Crippen molar-refractivity contribution in [2.24, 2.45) is 0 Å². The van der Waals surface area contributed by atoms with E-state index in [0.29, 0.717) is 5.78 Å². The molecule has 104 valence electrons. The molecule has 0 aromatic rings. The highest BCUT2D eigenvalue weighted by atomic mass is 16.2. The summed E-state index contributed by atoms with van der Waals surface area (Å²) in [5, 5.41) is 0. The van der Waals surface area contributed by atoms with Crippen LogP contribution < -0.4 is 0 Å². The first-order valence-corrected chi connectivity index (χ1v) is 6.88. The number of Topliss-reactive ketones (excluding diaryl/α,β-unsaturated/α-hetero) is 1. The van der Waals surface area contributed by atoms with Crippen LogP contribution in [0.1, 0.15) is 71.6 Å². The lowest BCUT2D eigenvalue weighted by Crippen LogP contribution is -1.95. The summed E-state index contributed by atoms with van der Waals surface area (Å²) in [6.45, 7) is 4.34. The Morgan fingerprint density at radius 2 is 1.44 bits per heavy atom.